The summed E-state index contributed by atoms with van der Waals surface area (Å²) in [4.78, 5) is 2.39. The number of nitrogens with zero attached hydrogens (tertiary/aromatic N) is 1. The molecular formula is C48H31NO. The molecule has 0 amide bonds. The van der Waals surface area contributed by atoms with Crippen molar-refractivity contribution in [3.05, 3.63) is 188 Å². The molecule has 2 nitrogen and oxygen atoms in total. The van der Waals surface area contributed by atoms with Crippen molar-refractivity contribution in [2.24, 2.45) is 0 Å². The first-order valence-electron chi connectivity index (χ1n) is 17.1. The van der Waals surface area contributed by atoms with Gasteiger partial charge in [-0.1, -0.05) is 140 Å². The molecule has 0 spiro atoms. The second kappa shape index (κ2) is 11.5. The van der Waals surface area contributed by atoms with Gasteiger partial charge in [-0.3, -0.25) is 0 Å². The van der Waals surface area contributed by atoms with E-state index in [-0.39, 0.29) is 0 Å². The van der Waals surface area contributed by atoms with Gasteiger partial charge in [-0.25, -0.2) is 0 Å². The number of fused-ring (bicyclic) bond motifs is 8. The van der Waals surface area contributed by atoms with Gasteiger partial charge in [0.2, 0.25) is 0 Å². The van der Waals surface area contributed by atoms with E-state index in [4.69, 9.17) is 4.42 Å². The maximum Gasteiger partial charge on any atom is 0.136 e. The highest BCUT2D eigenvalue weighted by atomic mass is 16.3. The predicted molar refractivity (Wildman–Crippen MR) is 212 cm³/mol. The van der Waals surface area contributed by atoms with E-state index in [2.05, 4.69) is 181 Å². The fourth-order valence-corrected chi connectivity index (χ4v) is 7.62. The third kappa shape index (κ3) is 4.65. The molecule has 1 heterocycles. The van der Waals surface area contributed by atoms with Crippen molar-refractivity contribution in [3.63, 3.8) is 0 Å². The van der Waals surface area contributed by atoms with Crippen LogP contribution >= 0.6 is 0 Å². The number of hydrogen-bond acceptors (Lipinski definition) is 2. The minimum Gasteiger partial charge on any atom is -0.456 e. The quantitative estimate of drug-likeness (QED) is 0.175. The number of para-hydroxylation sites is 2. The van der Waals surface area contributed by atoms with Crippen LogP contribution in [0.25, 0.3) is 76.5 Å². The number of anilines is 3. The highest BCUT2D eigenvalue weighted by Gasteiger charge is 2.18. The van der Waals surface area contributed by atoms with E-state index in [0.717, 1.165) is 33.6 Å². The first kappa shape index (κ1) is 28.4. The van der Waals surface area contributed by atoms with Crippen LogP contribution in [-0.2, 0) is 0 Å². The molecule has 0 aliphatic carbocycles. The van der Waals surface area contributed by atoms with Crippen LogP contribution in [0.4, 0.5) is 17.1 Å². The Bertz CT molecular complexity index is 2870. The molecule has 0 N–H and O–H groups in total. The fourth-order valence-electron chi connectivity index (χ4n) is 7.62. The monoisotopic (exact) mass is 637 g/mol. The average molecular weight is 638 g/mol. The maximum atomic E-state index is 6.22. The molecule has 0 saturated heterocycles. The van der Waals surface area contributed by atoms with Crippen LogP contribution in [0.1, 0.15) is 0 Å². The molecule has 0 fully saturated rings. The molecule has 2 heteroatoms. The first-order valence-corrected chi connectivity index (χ1v) is 17.1. The molecule has 0 bridgehead atoms. The second-order valence-electron chi connectivity index (χ2n) is 12.9. The number of furan rings is 1. The Morgan fingerprint density at radius 3 is 1.88 bits per heavy atom. The number of rotatable bonds is 5. The van der Waals surface area contributed by atoms with Crippen molar-refractivity contribution in [2.75, 3.05) is 4.90 Å². The fraction of sp³-hybridized carbons (Fsp3) is 0. The molecule has 0 aliphatic heterocycles. The molecule has 0 radical (unpaired) electrons. The van der Waals surface area contributed by atoms with Gasteiger partial charge in [0.15, 0.2) is 0 Å². The Kier molecular flexibility index (Phi) is 6.53. The molecule has 234 valence electrons. The summed E-state index contributed by atoms with van der Waals surface area (Å²) in [6.07, 6.45) is 0. The highest BCUT2D eigenvalue weighted by Crippen LogP contribution is 2.43. The Morgan fingerprint density at radius 1 is 0.340 bits per heavy atom. The molecule has 10 aromatic rings. The van der Waals surface area contributed by atoms with Gasteiger partial charge in [0.1, 0.15) is 11.2 Å². The number of benzene rings is 9. The van der Waals surface area contributed by atoms with Crippen molar-refractivity contribution in [2.45, 2.75) is 0 Å². The topological polar surface area (TPSA) is 16.4 Å². The Labute approximate surface area is 290 Å². The predicted octanol–water partition coefficient (Wildman–Crippen LogP) is 13.8. The Hall–Kier alpha value is -6.64. The minimum absolute atomic E-state index is 0.919. The van der Waals surface area contributed by atoms with Crippen molar-refractivity contribution < 1.29 is 4.42 Å². The van der Waals surface area contributed by atoms with E-state index in [1.165, 1.54) is 60.0 Å². The summed E-state index contributed by atoms with van der Waals surface area (Å²) in [6, 6.07) is 67.6. The van der Waals surface area contributed by atoms with E-state index >= 15 is 0 Å². The summed E-state index contributed by atoms with van der Waals surface area (Å²) >= 11 is 0. The van der Waals surface area contributed by atoms with Gasteiger partial charge in [-0.15, -0.1) is 0 Å². The van der Waals surface area contributed by atoms with E-state index in [1.807, 2.05) is 12.1 Å². The van der Waals surface area contributed by atoms with Crippen LogP contribution in [-0.4, -0.2) is 0 Å². The molecule has 10 rings (SSSR count). The summed E-state index contributed by atoms with van der Waals surface area (Å²) in [7, 11) is 0. The van der Waals surface area contributed by atoms with Crippen LogP contribution in [0.15, 0.2) is 192 Å². The van der Waals surface area contributed by atoms with Crippen LogP contribution in [0.5, 0.6) is 0 Å². The van der Waals surface area contributed by atoms with Gasteiger partial charge in [0.25, 0.3) is 0 Å². The molecule has 0 aliphatic rings. The highest BCUT2D eigenvalue weighted by molar-refractivity contribution is 6.19. The third-order valence-corrected chi connectivity index (χ3v) is 10.0. The lowest BCUT2D eigenvalue weighted by Gasteiger charge is -2.28. The average Bonchev–Trinajstić information content (AvgIpc) is 3.58. The molecular weight excluding hydrogens is 607 g/mol. The lowest BCUT2D eigenvalue weighted by Crippen LogP contribution is -2.11. The van der Waals surface area contributed by atoms with Crippen molar-refractivity contribution in [1.29, 1.82) is 0 Å². The molecule has 1 aromatic heterocycles. The summed E-state index contributed by atoms with van der Waals surface area (Å²) < 4.78 is 6.22. The molecule has 0 unspecified atom stereocenters. The Morgan fingerprint density at radius 2 is 0.980 bits per heavy atom. The summed E-state index contributed by atoms with van der Waals surface area (Å²) in [5.74, 6) is 0. The molecule has 0 saturated carbocycles. The Balaban J connectivity index is 1.12. The van der Waals surface area contributed by atoms with Crippen LogP contribution < -0.4 is 4.90 Å². The van der Waals surface area contributed by atoms with Gasteiger partial charge < -0.3 is 9.32 Å². The van der Waals surface area contributed by atoms with Gasteiger partial charge in [-0.2, -0.15) is 0 Å². The molecule has 50 heavy (non-hydrogen) atoms. The number of hydrogen-bond donors (Lipinski definition) is 0. The zero-order chi connectivity index (χ0) is 33.0. The van der Waals surface area contributed by atoms with Gasteiger partial charge in [-0.05, 0) is 97.5 Å². The van der Waals surface area contributed by atoms with E-state index < -0.39 is 0 Å². The van der Waals surface area contributed by atoms with Crippen LogP contribution in [0.2, 0.25) is 0 Å². The van der Waals surface area contributed by atoms with Gasteiger partial charge in [0, 0.05) is 27.7 Å². The second-order valence-corrected chi connectivity index (χ2v) is 12.9. The third-order valence-electron chi connectivity index (χ3n) is 10.0. The normalized spacial score (nSPS) is 11.6. The molecule has 9 aromatic carbocycles. The van der Waals surface area contributed by atoms with E-state index in [1.54, 1.807) is 0 Å². The summed E-state index contributed by atoms with van der Waals surface area (Å²) in [6.45, 7) is 0. The van der Waals surface area contributed by atoms with Gasteiger partial charge in [0.05, 0.1) is 5.69 Å². The lowest BCUT2D eigenvalue weighted by molar-refractivity contribution is 0.669. The van der Waals surface area contributed by atoms with Crippen molar-refractivity contribution in [1.82, 2.24) is 0 Å². The van der Waals surface area contributed by atoms with E-state index in [9.17, 15) is 0 Å². The first-order chi connectivity index (χ1) is 24.8. The summed E-state index contributed by atoms with van der Waals surface area (Å²) in [5, 5.41) is 9.73. The van der Waals surface area contributed by atoms with Crippen molar-refractivity contribution in [3.8, 4) is 22.3 Å². The zero-order valence-electron chi connectivity index (χ0n) is 27.3. The zero-order valence-corrected chi connectivity index (χ0v) is 27.3. The lowest BCUT2D eigenvalue weighted by atomic mass is 9.97. The minimum atomic E-state index is 0.919. The van der Waals surface area contributed by atoms with E-state index in [0.29, 0.717) is 0 Å². The molecule has 0 atom stereocenters. The maximum absolute atomic E-state index is 6.22. The van der Waals surface area contributed by atoms with Crippen molar-refractivity contribution >= 4 is 71.3 Å². The van der Waals surface area contributed by atoms with Crippen LogP contribution in [0, 0.1) is 0 Å². The SMILES string of the molecule is c1ccc(-c2ccccc2N(c2ccc(-c3ccc4ccc5oc6ccccc6c5c4c3)cc2)c2ccc3c(ccc4ccccc43)c2)cc1. The largest absolute Gasteiger partial charge is 0.456 e. The van der Waals surface area contributed by atoms with Crippen LogP contribution in [0.3, 0.4) is 0 Å². The summed E-state index contributed by atoms with van der Waals surface area (Å²) in [5.41, 5.74) is 9.89. The van der Waals surface area contributed by atoms with Gasteiger partial charge >= 0.3 is 0 Å². The smallest absolute Gasteiger partial charge is 0.136 e. The standard InChI is InChI=1S/C48H31NO/c1-2-10-33(11-3-1)42-14-6-8-16-45(42)49(39-27-28-41-37(30-39)21-19-34-12-4-5-13-40(34)41)38-25-22-32(23-26-38)36-20-18-35-24-29-47-48(44(35)31-36)43-15-7-9-17-46(43)50-47/h1-31H.